The third-order valence-electron chi connectivity index (χ3n) is 2.99. The number of hydrogen-bond acceptors (Lipinski definition) is 3. The zero-order valence-electron chi connectivity index (χ0n) is 9.48. The summed E-state index contributed by atoms with van der Waals surface area (Å²) in [6.45, 7) is 3.24. The first-order valence-corrected chi connectivity index (χ1v) is 5.67. The minimum absolute atomic E-state index is 0.301. The van der Waals surface area contributed by atoms with Gasteiger partial charge in [0.25, 0.3) is 11.7 Å². The number of hydrogen-bond donors (Lipinski definition) is 1. The molecule has 0 aliphatic carbocycles. The third-order valence-corrected chi connectivity index (χ3v) is 3.30. The van der Waals surface area contributed by atoms with Crippen molar-refractivity contribution in [2.75, 3.05) is 4.90 Å². The van der Waals surface area contributed by atoms with Crippen molar-refractivity contribution in [1.29, 1.82) is 0 Å². The van der Waals surface area contributed by atoms with Crippen molar-refractivity contribution >= 4 is 29.0 Å². The molecule has 0 bridgehead atoms. The van der Waals surface area contributed by atoms with Crippen LogP contribution in [-0.2, 0) is 4.79 Å². The number of amides is 1. The van der Waals surface area contributed by atoms with E-state index in [9.17, 15) is 14.7 Å². The molecule has 0 saturated heterocycles. The molecule has 1 N–H and O–H groups in total. The van der Waals surface area contributed by atoms with Crippen molar-refractivity contribution in [3.8, 4) is 0 Å². The van der Waals surface area contributed by atoms with Gasteiger partial charge in [0, 0.05) is 0 Å². The molecule has 1 aliphatic rings. The van der Waals surface area contributed by atoms with Crippen molar-refractivity contribution in [3.63, 3.8) is 0 Å². The summed E-state index contributed by atoms with van der Waals surface area (Å²) in [7, 11) is 0. The maximum Gasteiger partial charge on any atom is 0.299 e. The van der Waals surface area contributed by atoms with Crippen LogP contribution in [0.25, 0.3) is 0 Å². The van der Waals surface area contributed by atoms with Crippen molar-refractivity contribution in [2.45, 2.75) is 26.0 Å². The van der Waals surface area contributed by atoms with E-state index in [1.165, 1.54) is 4.90 Å². The molecule has 2 unspecified atom stereocenters. The summed E-state index contributed by atoms with van der Waals surface area (Å²) in [5.41, 5.74) is 0.701. The molecule has 4 nitrogen and oxygen atoms in total. The fourth-order valence-electron chi connectivity index (χ4n) is 1.87. The number of anilines is 1. The summed E-state index contributed by atoms with van der Waals surface area (Å²) >= 11 is 6.02. The quantitative estimate of drug-likeness (QED) is 0.815. The Kier molecular flexibility index (Phi) is 2.93. The monoisotopic (exact) mass is 253 g/mol. The molecule has 1 aliphatic heterocycles. The Labute approximate surface area is 104 Å². The van der Waals surface area contributed by atoms with Gasteiger partial charge in [0.2, 0.25) is 0 Å². The highest BCUT2D eigenvalue weighted by Gasteiger charge is 2.40. The Morgan fingerprint density at radius 1 is 1.29 bits per heavy atom. The molecular weight excluding hydrogens is 242 g/mol. The maximum absolute atomic E-state index is 11.9. The predicted molar refractivity (Wildman–Crippen MR) is 64.4 cm³/mol. The fraction of sp³-hybridized carbons (Fsp3) is 0.333. The average Bonchev–Trinajstić information content (AvgIpc) is 2.53. The van der Waals surface area contributed by atoms with Gasteiger partial charge in [0.05, 0.1) is 28.4 Å². The van der Waals surface area contributed by atoms with Crippen LogP contribution in [-0.4, -0.2) is 28.9 Å². The lowest BCUT2D eigenvalue weighted by atomic mass is 10.1. The number of carbonyl (C=O) groups excluding carboxylic acids is 2. The number of para-hydroxylation sites is 1. The molecule has 1 aromatic rings. The summed E-state index contributed by atoms with van der Waals surface area (Å²) < 4.78 is 0. The van der Waals surface area contributed by atoms with E-state index in [-0.39, 0.29) is 0 Å². The number of halogens is 1. The summed E-state index contributed by atoms with van der Waals surface area (Å²) in [6, 6.07) is 4.32. The van der Waals surface area contributed by atoms with Crippen molar-refractivity contribution < 1.29 is 14.7 Å². The number of rotatable bonds is 2. The van der Waals surface area contributed by atoms with Gasteiger partial charge in [-0.15, -0.1) is 0 Å². The Morgan fingerprint density at radius 3 is 2.53 bits per heavy atom. The Balaban J connectivity index is 2.58. The van der Waals surface area contributed by atoms with E-state index < -0.39 is 23.8 Å². The van der Waals surface area contributed by atoms with Gasteiger partial charge in [-0.25, -0.2) is 0 Å². The number of fused-ring (bicyclic) bond motifs is 1. The second-order valence-corrected chi connectivity index (χ2v) is 4.53. The van der Waals surface area contributed by atoms with Crippen LogP contribution < -0.4 is 4.90 Å². The Hall–Kier alpha value is -1.39. The average molecular weight is 254 g/mol. The second-order valence-electron chi connectivity index (χ2n) is 4.12. The van der Waals surface area contributed by atoms with E-state index in [0.29, 0.717) is 16.3 Å². The highest BCUT2D eigenvalue weighted by atomic mass is 35.5. The molecule has 17 heavy (non-hydrogen) atoms. The minimum Gasteiger partial charge on any atom is -0.391 e. The number of aliphatic hydroxyl groups excluding tert-OH is 1. The summed E-state index contributed by atoms with van der Waals surface area (Å²) in [5, 5.41) is 9.90. The van der Waals surface area contributed by atoms with Gasteiger partial charge >= 0.3 is 0 Å². The summed E-state index contributed by atoms with van der Waals surface area (Å²) in [6.07, 6.45) is -0.742. The maximum atomic E-state index is 11.9. The van der Waals surface area contributed by atoms with Gasteiger partial charge in [0.15, 0.2) is 0 Å². The van der Waals surface area contributed by atoms with Crippen LogP contribution in [0.4, 0.5) is 5.69 Å². The van der Waals surface area contributed by atoms with E-state index in [0.717, 1.165) is 0 Å². The largest absolute Gasteiger partial charge is 0.391 e. The Bertz CT molecular complexity index is 499. The zero-order valence-corrected chi connectivity index (χ0v) is 10.2. The molecule has 1 aromatic carbocycles. The molecule has 0 aromatic heterocycles. The van der Waals surface area contributed by atoms with Crippen LogP contribution in [0.5, 0.6) is 0 Å². The molecule has 0 spiro atoms. The van der Waals surface area contributed by atoms with E-state index >= 15 is 0 Å². The molecule has 2 rings (SSSR count). The van der Waals surface area contributed by atoms with Gasteiger partial charge in [-0.1, -0.05) is 17.7 Å². The molecule has 90 valence electrons. The standard InChI is InChI=1S/C12H12ClNO3/c1-6(7(2)15)14-10-8(11(16)12(14)17)4-3-5-9(10)13/h3-7,15H,1-2H3. The number of ketones is 1. The molecule has 5 heteroatoms. The normalized spacial score (nSPS) is 18.2. The van der Waals surface area contributed by atoms with Gasteiger partial charge in [-0.05, 0) is 26.0 Å². The van der Waals surface area contributed by atoms with Gasteiger partial charge in [-0.2, -0.15) is 0 Å². The fourth-order valence-corrected chi connectivity index (χ4v) is 2.14. The second kappa shape index (κ2) is 4.13. The van der Waals surface area contributed by atoms with E-state index in [1.807, 2.05) is 0 Å². The van der Waals surface area contributed by atoms with E-state index in [2.05, 4.69) is 0 Å². The molecular formula is C12H12ClNO3. The van der Waals surface area contributed by atoms with E-state index in [1.54, 1.807) is 32.0 Å². The number of Topliss-reactive ketones (excluding diaryl/α,β-unsaturated/α-hetero) is 1. The number of nitrogens with zero attached hydrogens (tertiary/aromatic N) is 1. The number of benzene rings is 1. The smallest absolute Gasteiger partial charge is 0.299 e. The molecule has 1 heterocycles. The van der Waals surface area contributed by atoms with Crippen LogP contribution in [0, 0.1) is 0 Å². The number of carbonyl (C=O) groups is 2. The van der Waals surface area contributed by atoms with Crippen molar-refractivity contribution in [1.82, 2.24) is 0 Å². The van der Waals surface area contributed by atoms with Crippen LogP contribution >= 0.6 is 11.6 Å². The Morgan fingerprint density at radius 2 is 1.94 bits per heavy atom. The zero-order chi connectivity index (χ0) is 12.7. The molecule has 1 amide bonds. The van der Waals surface area contributed by atoms with E-state index in [4.69, 9.17) is 11.6 Å². The summed E-state index contributed by atoms with van der Waals surface area (Å²) in [5.74, 6) is -1.21. The lowest BCUT2D eigenvalue weighted by Gasteiger charge is -2.27. The topological polar surface area (TPSA) is 57.6 Å². The first kappa shape index (κ1) is 12.1. The van der Waals surface area contributed by atoms with Crippen LogP contribution in [0.1, 0.15) is 24.2 Å². The highest BCUT2D eigenvalue weighted by molar-refractivity contribution is 6.54. The minimum atomic E-state index is -0.742. The van der Waals surface area contributed by atoms with Crippen LogP contribution in [0.15, 0.2) is 18.2 Å². The van der Waals surface area contributed by atoms with Crippen LogP contribution in [0.3, 0.4) is 0 Å². The predicted octanol–water partition coefficient (Wildman–Crippen LogP) is 1.64. The highest BCUT2D eigenvalue weighted by Crippen LogP contribution is 2.37. The lowest BCUT2D eigenvalue weighted by Crippen LogP contribution is -2.43. The van der Waals surface area contributed by atoms with Crippen molar-refractivity contribution in [2.24, 2.45) is 0 Å². The van der Waals surface area contributed by atoms with Crippen LogP contribution in [0.2, 0.25) is 5.02 Å². The molecule has 2 atom stereocenters. The van der Waals surface area contributed by atoms with Gasteiger partial charge < -0.3 is 5.11 Å². The number of aliphatic hydroxyl groups is 1. The van der Waals surface area contributed by atoms with Crippen molar-refractivity contribution in [3.05, 3.63) is 28.8 Å². The van der Waals surface area contributed by atoms with Gasteiger partial charge in [-0.3, -0.25) is 14.5 Å². The molecule has 0 radical (unpaired) electrons. The third kappa shape index (κ3) is 1.73. The van der Waals surface area contributed by atoms with Gasteiger partial charge in [0.1, 0.15) is 0 Å². The molecule has 0 fully saturated rings. The molecule has 0 saturated carbocycles. The first-order valence-electron chi connectivity index (χ1n) is 5.29. The lowest BCUT2D eigenvalue weighted by molar-refractivity contribution is -0.115. The first-order chi connectivity index (χ1) is 7.95. The summed E-state index contributed by atoms with van der Waals surface area (Å²) in [4.78, 5) is 24.9. The SMILES string of the molecule is CC(O)C(C)N1C(=O)C(=O)c2cccc(Cl)c21.